The van der Waals surface area contributed by atoms with Gasteiger partial charge in [0, 0.05) is 11.1 Å². The van der Waals surface area contributed by atoms with E-state index in [2.05, 4.69) is 22.4 Å². The summed E-state index contributed by atoms with van der Waals surface area (Å²) in [4.78, 5) is 3.86. The molecule has 0 unspecified atom stereocenters. The van der Waals surface area contributed by atoms with Gasteiger partial charge in [-0.1, -0.05) is 11.6 Å². The number of benzene rings is 1. The SMILES string of the molecule is COc1cc(Cl)c(C)cc1N=C=S. The number of aliphatic imine (C=N–C) groups is 1. The standard InChI is InChI=1S/C9H8ClNOS/c1-6-3-8(11-5-13)9(12-2)4-7(6)10/h3-4H,1-2H3. The van der Waals surface area contributed by atoms with Gasteiger partial charge in [0.15, 0.2) is 0 Å². The molecule has 4 heteroatoms. The lowest BCUT2D eigenvalue weighted by Crippen LogP contribution is -1.85. The molecule has 0 aromatic heterocycles. The molecular weight excluding hydrogens is 206 g/mol. The minimum absolute atomic E-state index is 0.605. The molecule has 0 atom stereocenters. The van der Waals surface area contributed by atoms with Crippen molar-refractivity contribution in [1.29, 1.82) is 0 Å². The Balaban J connectivity index is 3.32. The number of hydrogen-bond donors (Lipinski definition) is 0. The first kappa shape index (κ1) is 10.2. The molecule has 0 N–H and O–H groups in total. The Morgan fingerprint density at radius 3 is 2.77 bits per heavy atom. The average Bonchev–Trinajstić information content (AvgIpc) is 2.11. The van der Waals surface area contributed by atoms with Crippen molar-refractivity contribution in [3.8, 4) is 5.75 Å². The van der Waals surface area contributed by atoms with Crippen LogP contribution in [0, 0.1) is 6.92 Å². The van der Waals surface area contributed by atoms with Gasteiger partial charge in [-0.25, -0.2) is 0 Å². The third kappa shape index (κ3) is 2.28. The van der Waals surface area contributed by atoms with Crippen molar-refractivity contribution in [2.24, 2.45) is 4.99 Å². The summed E-state index contributed by atoms with van der Waals surface area (Å²) in [6.07, 6.45) is 0. The van der Waals surface area contributed by atoms with Crippen molar-refractivity contribution in [1.82, 2.24) is 0 Å². The second-order valence-electron chi connectivity index (χ2n) is 2.48. The number of nitrogens with zero attached hydrogens (tertiary/aromatic N) is 1. The van der Waals surface area contributed by atoms with Crippen LogP contribution in [-0.2, 0) is 0 Å². The van der Waals surface area contributed by atoms with Crippen LogP contribution >= 0.6 is 23.8 Å². The highest BCUT2D eigenvalue weighted by molar-refractivity contribution is 7.78. The molecule has 2 nitrogen and oxygen atoms in total. The molecule has 68 valence electrons. The number of rotatable bonds is 2. The van der Waals surface area contributed by atoms with Gasteiger partial charge in [0.25, 0.3) is 0 Å². The Morgan fingerprint density at radius 2 is 2.23 bits per heavy atom. The Hall–Kier alpha value is -0.890. The lowest BCUT2D eigenvalue weighted by atomic mass is 10.2. The van der Waals surface area contributed by atoms with Gasteiger partial charge in [-0.3, -0.25) is 0 Å². The fourth-order valence-corrected chi connectivity index (χ4v) is 1.20. The molecule has 0 fully saturated rings. The van der Waals surface area contributed by atoms with Crippen LogP contribution in [0.3, 0.4) is 0 Å². The van der Waals surface area contributed by atoms with Crippen molar-refractivity contribution in [2.45, 2.75) is 6.92 Å². The number of hydrogen-bond acceptors (Lipinski definition) is 3. The zero-order valence-electron chi connectivity index (χ0n) is 7.30. The van der Waals surface area contributed by atoms with E-state index in [1.54, 1.807) is 19.2 Å². The molecule has 1 aromatic rings. The van der Waals surface area contributed by atoms with Gasteiger partial charge in [0.05, 0.1) is 12.3 Å². The van der Waals surface area contributed by atoms with Crippen LogP contribution < -0.4 is 4.74 Å². The van der Waals surface area contributed by atoms with Gasteiger partial charge >= 0.3 is 0 Å². The molecule has 0 amide bonds. The van der Waals surface area contributed by atoms with Crippen LogP contribution in [0.15, 0.2) is 17.1 Å². The summed E-state index contributed by atoms with van der Waals surface area (Å²) in [5.41, 5.74) is 1.59. The molecule has 0 aliphatic rings. The molecule has 0 saturated carbocycles. The summed E-state index contributed by atoms with van der Waals surface area (Å²) in [7, 11) is 1.56. The summed E-state index contributed by atoms with van der Waals surface area (Å²) < 4.78 is 5.07. The number of aryl methyl sites for hydroxylation is 1. The third-order valence-corrected chi connectivity index (χ3v) is 2.12. The maximum absolute atomic E-state index is 5.90. The van der Waals surface area contributed by atoms with Gasteiger partial charge in [0.2, 0.25) is 0 Å². The van der Waals surface area contributed by atoms with Crippen molar-refractivity contribution in [3.63, 3.8) is 0 Å². The van der Waals surface area contributed by atoms with Gasteiger partial charge in [-0.15, -0.1) is 0 Å². The normalized spacial score (nSPS) is 9.15. The van der Waals surface area contributed by atoms with Crippen molar-refractivity contribution >= 4 is 34.7 Å². The van der Waals surface area contributed by atoms with E-state index in [0.717, 1.165) is 5.56 Å². The van der Waals surface area contributed by atoms with E-state index >= 15 is 0 Å². The van der Waals surface area contributed by atoms with E-state index in [1.165, 1.54) is 0 Å². The molecule has 0 saturated heterocycles. The monoisotopic (exact) mass is 213 g/mol. The van der Waals surface area contributed by atoms with Crippen LogP contribution in [0.5, 0.6) is 5.75 Å². The smallest absolute Gasteiger partial charge is 0.146 e. The van der Waals surface area contributed by atoms with E-state index in [1.807, 2.05) is 6.92 Å². The van der Waals surface area contributed by atoms with Gasteiger partial charge in [0.1, 0.15) is 11.4 Å². The number of halogens is 1. The van der Waals surface area contributed by atoms with Gasteiger partial charge < -0.3 is 4.74 Å². The zero-order valence-corrected chi connectivity index (χ0v) is 8.87. The molecule has 0 spiro atoms. The highest BCUT2D eigenvalue weighted by Crippen LogP contribution is 2.32. The molecule has 0 bridgehead atoms. The van der Waals surface area contributed by atoms with Crippen molar-refractivity contribution < 1.29 is 4.74 Å². The van der Waals surface area contributed by atoms with Crippen molar-refractivity contribution in [3.05, 3.63) is 22.7 Å². The zero-order chi connectivity index (χ0) is 9.84. The van der Waals surface area contributed by atoms with Crippen LogP contribution in [0.4, 0.5) is 5.69 Å². The van der Waals surface area contributed by atoms with Crippen LogP contribution in [0.1, 0.15) is 5.56 Å². The van der Waals surface area contributed by atoms with E-state index in [0.29, 0.717) is 16.5 Å². The maximum Gasteiger partial charge on any atom is 0.146 e. The van der Waals surface area contributed by atoms with E-state index in [4.69, 9.17) is 16.3 Å². The maximum atomic E-state index is 5.90. The third-order valence-electron chi connectivity index (χ3n) is 1.63. The number of thiocarbonyl (C=S) groups is 1. The second kappa shape index (κ2) is 4.38. The predicted octanol–water partition coefficient (Wildman–Crippen LogP) is 3.39. The predicted molar refractivity (Wildman–Crippen MR) is 57.4 cm³/mol. The molecule has 0 aliphatic heterocycles. The van der Waals surface area contributed by atoms with Crippen LogP contribution in [-0.4, -0.2) is 12.3 Å². The number of methoxy groups -OCH3 is 1. The minimum atomic E-state index is 0.605. The first-order valence-electron chi connectivity index (χ1n) is 3.61. The Kier molecular flexibility index (Phi) is 3.43. The molecule has 1 rings (SSSR count). The van der Waals surface area contributed by atoms with E-state index < -0.39 is 0 Å². The van der Waals surface area contributed by atoms with Gasteiger partial charge in [-0.05, 0) is 30.8 Å². The summed E-state index contributed by atoms with van der Waals surface area (Å²) in [5.74, 6) is 0.605. The first-order chi connectivity index (χ1) is 6.19. The largest absolute Gasteiger partial charge is 0.494 e. The highest BCUT2D eigenvalue weighted by atomic mass is 35.5. The second-order valence-corrected chi connectivity index (χ2v) is 3.07. The molecular formula is C9H8ClNOS. The van der Waals surface area contributed by atoms with Crippen LogP contribution in [0.2, 0.25) is 5.02 Å². The molecule has 1 aromatic carbocycles. The highest BCUT2D eigenvalue weighted by Gasteiger charge is 2.04. The molecule has 0 heterocycles. The molecule has 13 heavy (non-hydrogen) atoms. The fraction of sp³-hybridized carbons (Fsp3) is 0.222. The summed E-state index contributed by atoms with van der Waals surface area (Å²) in [6.45, 7) is 1.89. The lowest BCUT2D eigenvalue weighted by molar-refractivity contribution is 0.416. The molecule has 0 radical (unpaired) electrons. The van der Waals surface area contributed by atoms with E-state index in [-0.39, 0.29) is 0 Å². The first-order valence-corrected chi connectivity index (χ1v) is 4.39. The Morgan fingerprint density at radius 1 is 1.54 bits per heavy atom. The topological polar surface area (TPSA) is 21.6 Å². The van der Waals surface area contributed by atoms with Crippen molar-refractivity contribution in [2.75, 3.05) is 7.11 Å². The summed E-state index contributed by atoms with van der Waals surface area (Å²) >= 11 is 10.4. The lowest BCUT2D eigenvalue weighted by Gasteiger charge is -2.05. The Labute approximate surface area is 87.2 Å². The fourth-order valence-electron chi connectivity index (χ4n) is 0.948. The summed E-state index contributed by atoms with van der Waals surface area (Å²) in [5, 5.41) is 2.94. The van der Waals surface area contributed by atoms with Crippen LogP contribution in [0.25, 0.3) is 0 Å². The average molecular weight is 214 g/mol. The number of ether oxygens (including phenoxy) is 1. The number of isothiocyanates is 1. The van der Waals surface area contributed by atoms with Gasteiger partial charge in [-0.2, -0.15) is 4.99 Å². The molecule has 0 aliphatic carbocycles. The van der Waals surface area contributed by atoms with E-state index in [9.17, 15) is 0 Å². The quantitative estimate of drug-likeness (QED) is 0.555. The Bertz CT molecular complexity index is 372. The summed E-state index contributed by atoms with van der Waals surface area (Å²) in [6, 6.07) is 3.52. The minimum Gasteiger partial charge on any atom is -0.494 e.